The monoisotopic (exact) mass is 412 g/mol. The number of rotatable bonds is 6. The molecule has 0 saturated carbocycles. The van der Waals surface area contributed by atoms with E-state index in [-0.39, 0.29) is 11.7 Å². The van der Waals surface area contributed by atoms with Gasteiger partial charge in [-0.2, -0.15) is 10.2 Å². The molecule has 7 nitrogen and oxygen atoms in total. The Kier molecular flexibility index (Phi) is 5.75. The lowest BCUT2D eigenvalue weighted by molar-refractivity contribution is 0.0955. The number of carbonyl (C=O) groups excluding carboxylic acids is 1. The van der Waals surface area contributed by atoms with Gasteiger partial charge in [0.25, 0.3) is 5.91 Å². The molecular formula is C24H20N4O3. The summed E-state index contributed by atoms with van der Waals surface area (Å²) in [6, 6.07) is 23.2. The highest BCUT2D eigenvalue weighted by Crippen LogP contribution is 2.31. The third kappa shape index (κ3) is 4.45. The van der Waals surface area contributed by atoms with Gasteiger partial charge in [-0.15, -0.1) is 0 Å². The molecule has 1 aromatic heterocycles. The van der Waals surface area contributed by atoms with Crippen molar-refractivity contribution in [2.24, 2.45) is 5.10 Å². The molecule has 0 aliphatic rings. The van der Waals surface area contributed by atoms with Gasteiger partial charge in [0.1, 0.15) is 17.2 Å². The summed E-state index contributed by atoms with van der Waals surface area (Å²) < 4.78 is 7.25. The first-order valence-corrected chi connectivity index (χ1v) is 9.56. The Hall–Kier alpha value is -4.39. The molecule has 1 heterocycles. The molecule has 4 rings (SSSR count). The normalized spacial score (nSPS) is 10.9. The number of benzene rings is 3. The molecule has 0 spiro atoms. The van der Waals surface area contributed by atoms with Crippen molar-refractivity contribution < 1.29 is 14.6 Å². The Morgan fingerprint density at radius 2 is 1.74 bits per heavy atom. The van der Waals surface area contributed by atoms with Crippen molar-refractivity contribution in [1.29, 1.82) is 0 Å². The number of hydrazone groups is 1. The number of carbonyl (C=O) groups is 1. The number of phenolic OH excluding ortho intramolecular Hbond substituents is 1. The van der Waals surface area contributed by atoms with E-state index in [9.17, 15) is 9.90 Å². The fourth-order valence-electron chi connectivity index (χ4n) is 3.08. The van der Waals surface area contributed by atoms with E-state index in [1.54, 1.807) is 18.0 Å². The molecule has 31 heavy (non-hydrogen) atoms. The molecule has 1 amide bonds. The van der Waals surface area contributed by atoms with Gasteiger partial charge in [0.2, 0.25) is 0 Å². The van der Waals surface area contributed by atoms with E-state index >= 15 is 0 Å². The maximum Gasteiger partial charge on any atom is 0.271 e. The first-order chi connectivity index (χ1) is 15.2. The number of aromatic nitrogens is 2. The molecule has 0 fully saturated rings. The second kappa shape index (κ2) is 8.96. The zero-order valence-corrected chi connectivity index (χ0v) is 16.8. The van der Waals surface area contributed by atoms with Crippen LogP contribution in [-0.4, -0.2) is 34.1 Å². The quantitative estimate of drug-likeness (QED) is 0.370. The third-order valence-electron chi connectivity index (χ3n) is 4.62. The van der Waals surface area contributed by atoms with Crippen LogP contribution in [0, 0.1) is 0 Å². The molecular weight excluding hydrogens is 392 g/mol. The average Bonchev–Trinajstić information content (AvgIpc) is 3.24. The smallest absolute Gasteiger partial charge is 0.271 e. The first kappa shape index (κ1) is 19.9. The Bertz CT molecular complexity index is 1220. The summed E-state index contributed by atoms with van der Waals surface area (Å²) in [7, 11) is 1.61. The van der Waals surface area contributed by atoms with Gasteiger partial charge in [-0.25, -0.2) is 10.1 Å². The van der Waals surface area contributed by atoms with Crippen LogP contribution in [0.15, 0.2) is 90.2 Å². The van der Waals surface area contributed by atoms with Crippen molar-refractivity contribution in [2.45, 2.75) is 0 Å². The minimum atomic E-state index is -0.384. The second-order valence-electron chi connectivity index (χ2n) is 6.66. The zero-order valence-electron chi connectivity index (χ0n) is 16.8. The largest absolute Gasteiger partial charge is 0.508 e. The molecule has 0 atom stereocenters. The number of phenols is 1. The van der Waals surface area contributed by atoms with Crippen LogP contribution >= 0.6 is 0 Å². The van der Waals surface area contributed by atoms with Gasteiger partial charge in [0.05, 0.1) is 19.0 Å². The average molecular weight is 412 g/mol. The number of ether oxygens (including phenoxy) is 1. The first-order valence-electron chi connectivity index (χ1n) is 9.56. The second-order valence-corrected chi connectivity index (χ2v) is 6.66. The fourth-order valence-corrected chi connectivity index (χ4v) is 3.08. The maximum absolute atomic E-state index is 12.3. The topological polar surface area (TPSA) is 88.7 Å². The highest BCUT2D eigenvalue weighted by Gasteiger charge is 2.15. The fraction of sp³-hybridized carbons (Fsp3) is 0.0417. The summed E-state index contributed by atoms with van der Waals surface area (Å²) in [5.41, 5.74) is 5.98. The van der Waals surface area contributed by atoms with Gasteiger partial charge in [-0.3, -0.25) is 4.79 Å². The van der Waals surface area contributed by atoms with E-state index in [0.29, 0.717) is 22.6 Å². The number of nitrogens with zero attached hydrogens (tertiary/aromatic N) is 3. The van der Waals surface area contributed by atoms with Crippen LogP contribution in [0.1, 0.15) is 15.9 Å². The van der Waals surface area contributed by atoms with Gasteiger partial charge in [0.15, 0.2) is 0 Å². The van der Waals surface area contributed by atoms with Crippen molar-refractivity contribution in [1.82, 2.24) is 15.2 Å². The van der Waals surface area contributed by atoms with Crippen LogP contribution in [0.3, 0.4) is 0 Å². The van der Waals surface area contributed by atoms with Crippen molar-refractivity contribution in [2.75, 3.05) is 7.11 Å². The summed E-state index contributed by atoms with van der Waals surface area (Å²) in [6.45, 7) is 0. The summed E-state index contributed by atoms with van der Waals surface area (Å²) in [5.74, 6) is 0.393. The summed E-state index contributed by atoms with van der Waals surface area (Å²) >= 11 is 0. The molecule has 154 valence electrons. The number of nitrogens with one attached hydrogen (secondary N) is 1. The van der Waals surface area contributed by atoms with E-state index in [0.717, 1.165) is 11.3 Å². The Balaban J connectivity index is 1.67. The predicted molar refractivity (Wildman–Crippen MR) is 119 cm³/mol. The van der Waals surface area contributed by atoms with E-state index in [2.05, 4.69) is 10.5 Å². The number of hydrogen-bond acceptors (Lipinski definition) is 5. The summed E-state index contributed by atoms with van der Waals surface area (Å²) in [5, 5.41) is 18.2. The lowest BCUT2D eigenvalue weighted by Crippen LogP contribution is -2.17. The highest BCUT2D eigenvalue weighted by molar-refractivity contribution is 5.96. The molecule has 4 aromatic rings. The number of amides is 1. The summed E-state index contributed by atoms with van der Waals surface area (Å²) in [4.78, 5) is 12.3. The number of hydrogen-bond donors (Lipinski definition) is 2. The van der Waals surface area contributed by atoms with Crippen molar-refractivity contribution in [3.8, 4) is 28.4 Å². The van der Waals surface area contributed by atoms with Gasteiger partial charge in [0, 0.05) is 22.9 Å². The van der Waals surface area contributed by atoms with Crippen molar-refractivity contribution >= 4 is 12.1 Å². The van der Waals surface area contributed by atoms with Gasteiger partial charge < -0.3 is 9.84 Å². The maximum atomic E-state index is 12.3. The summed E-state index contributed by atoms with van der Waals surface area (Å²) in [6.07, 6.45) is 3.39. The molecule has 0 aliphatic heterocycles. The van der Waals surface area contributed by atoms with Crippen LogP contribution < -0.4 is 10.2 Å². The van der Waals surface area contributed by atoms with Gasteiger partial charge >= 0.3 is 0 Å². The Morgan fingerprint density at radius 1 is 1.03 bits per heavy atom. The van der Waals surface area contributed by atoms with E-state index < -0.39 is 0 Å². The molecule has 2 N–H and O–H groups in total. The number of aromatic hydroxyl groups is 1. The van der Waals surface area contributed by atoms with Crippen LogP contribution in [-0.2, 0) is 0 Å². The predicted octanol–water partition coefficient (Wildman–Crippen LogP) is 4.02. The van der Waals surface area contributed by atoms with E-state index in [1.807, 2.05) is 60.8 Å². The van der Waals surface area contributed by atoms with Gasteiger partial charge in [-0.05, 0) is 48.5 Å². The third-order valence-corrected chi connectivity index (χ3v) is 4.62. The van der Waals surface area contributed by atoms with Crippen molar-refractivity contribution in [3.05, 3.63) is 96.2 Å². The Morgan fingerprint density at radius 3 is 2.48 bits per heavy atom. The molecule has 0 aliphatic carbocycles. The molecule has 3 aromatic carbocycles. The molecule has 0 unspecified atom stereocenters. The SMILES string of the molecule is COc1ccccc1-c1nn(-c2ccccc2)cc1/C=N\NC(=O)c1ccc(O)cc1. The van der Waals surface area contributed by atoms with E-state index in [1.165, 1.54) is 24.3 Å². The minimum absolute atomic E-state index is 0.0924. The molecule has 0 bridgehead atoms. The minimum Gasteiger partial charge on any atom is -0.508 e. The standard InChI is InChI=1S/C24H20N4O3/c1-31-22-10-6-5-9-21(22)23-18(16-28(27-23)19-7-3-2-4-8-19)15-25-26-24(30)17-11-13-20(29)14-12-17/h2-16,29H,1H3,(H,26,30)/b25-15-. The lowest BCUT2D eigenvalue weighted by Gasteiger charge is -2.06. The zero-order chi connectivity index (χ0) is 21.6. The number of methoxy groups -OCH3 is 1. The highest BCUT2D eigenvalue weighted by atomic mass is 16.5. The molecule has 7 heteroatoms. The molecule has 0 saturated heterocycles. The lowest BCUT2D eigenvalue weighted by atomic mass is 10.1. The van der Waals surface area contributed by atoms with Crippen LogP contribution in [0.5, 0.6) is 11.5 Å². The number of para-hydroxylation sites is 2. The van der Waals surface area contributed by atoms with Gasteiger partial charge in [-0.1, -0.05) is 30.3 Å². The molecule has 0 radical (unpaired) electrons. The van der Waals surface area contributed by atoms with Crippen LogP contribution in [0.4, 0.5) is 0 Å². The van der Waals surface area contributed by atoms with E-state index in [4.69, 9.17) is 9.84 Å². The van der Waals surface area contributed by atoms with Crippen molar-refractivity contribution in [3.63, 3.8) is 0 Å². The van der Waals surface area contributed by atoms with Crippen LogP contribution in [0.25, 0.3) is 16.9 Å². The Labute approximate surface area is 179 Å². The van der Waals surface area contributed by atoms with Crippen LogP contribution in [0.2, 0.25) is 0 Å².